The number of ether oxygens (including phenoxy) is 1. The number of nitrogens with zero attached hydrogens (tertiary/aromatic N) is 3. The first-order chi connectivity index (χ1) is 16.9. The van der Waals surface area contributed by atoms with Crippen LogP contribution in [0.3, 0.4) is 0 Å². The summed E-state index contributed by atoms with van der Waals surface area (Å²) in [5.74, 6) is 0.993. The van der Waals surface area contributed by atoms with Gasteiger partial charge in [-0.15, -0.1) is 0 Å². The highest BCUT2D eigenvalue weighted by molar-refractivity contribution is 9.10. The molecule has 3 aromatic carbocycles. The zero-order valence-corrected chi connectivity index (χ0v) is 21.0. The summed E-state index contributed by atoms with van der Waals surface area (Å²) in [6.07, 6.45) is 2.44. The van der Waals surface area contributed by atoms with Crippen LogP contribution in [0.4, 0.5) is 5.69 Å². The van der Waals surface area contributed by atoms with Crippen molar-refractivity contribution in [2.24, 2.45) is 5.10 Å². The van der Waals surface area contributed by atoms with Crippen LogP contribution in [0.15, 0.2) is 87.2 Å². The molecule has 0 bridgehead atoms. The van der Waals surface area contributed by atoms with Crippen LogP contribution in [0.1, 0.15) is 37.6 Å². The van der Waals surface area contributed by atoms with E-state index < -0.39 is 0 Å². The zero-order chi connectivity index (χ0) is 24.8. The molecular weight excluding hydrogens is 508 g/mol. The van der Waals surface area contributed by atoms with E-state index in [1.165, 1.54) is 4.68 Å². The van der Waals surface area contributed by atoms with Crippen molar-refractivity contribution in [1.29, 1.82) is 0 Å². The molecule has 1 aromatic heterocycles. The van der Waals surface area contributed by atoms with E-state index in [2.05, 4.69) is 33.3 Å². The monoisotopic (exact) mass is 532 g/mol. The van der Waals surface area contributed by atoms with Crippen LogP contribution in [-0.4, -0.2) is 28.4 Å². The van der Waals surface area contributed by atoms with Gasteiger partial charge in [-0.05, 0) is 66.6 Å². The van der Waals surface area contributed by atoms with Crippen molar-refractivity contribution in [1.82, 2.24) is 9.66 Å². The SMILES string of the molecule is CC[C@@H](C)c1nc2ccc(Br)cc2c(=O)n1N=Cc1ccc(OCC(=O)Nc2ccccc2)cc1. The fourth-order valence-corrected chi connectivity index (χ4v) is 3.78. The second-order valence-corrected chi connectivity index (χ2v) is 8.99. The van der Waals surface area contributed by atoms with Crippen LogP contribution >= 0.6 is 15.9 Å². The Bertz CT molecular complexity index is 1420. The van der Waals surface area contributed by atoms with Crippen molar-refractivity contribution >= 4 is 44.6 Å². The first-order valence-electron chi connectivity index (χ1n) is 11.3. The van der Waals surface area contributed by atoms with Crippen LogP contribution in [0, 0.1) is 0 Å². The van der Waals surface area contributed by atoms with Crippen molar-refractivity contribution in [3.63, 3.8) is 0 Å². The first kappa shape index (κ1) is 24.3. The molecule has 0 saturated carbocycles. The van der Waals surface area contributed by atoms with Gasteiger partial charge in [0.2, 0.25) is 0 Å². The highest BCUT2D eigenvalue weighted by atomic mass is 79.9. The Hall–Kier alpha value is -3.78. The Labute approximate surface area is 211 Å². The van der Waals surface area contributed by atoms with Crippen LogP contribution < -0.4 is 15.6 Å². The minimum atomic E-state index is -0.241. The van der Waals surface area contributed by atoms with Crippen LogP contribution in [0.2, 0.25) is 0 Å². The number of carbonyl (C=O) groups is 1. The molecule has 0 aliphatic rings. The number of aromatic nitrogens is 2. The van der Waals surface area contributed by atoms with Gasteiger partial charge in [0.1, 0.15) is 11.6 Å². The molecule has 0 unspecified atom stereocenters. The largest absolute Gasteiger partial charge is 0.484 e. The Balaban J connectivity index is 1.49. The average molecular weight is 533 g/mol. The number of para-hydroxylation sites is 1. The number of nitrogens with one attached hydrogen (secondary N) is 1. The molecule has 0 saturated heterocycles. The van der Waals surface area contributed by atoms with Gasteiger partial charge in [-0.3, -0.25) is 9.59 Å². The smallest absolute Gasteiger partial charge is 0.282 e. The van der Waals surface area contributed by atoms with Gasteiger partial charge in [-0.25, -0.2) is 4.98 Å². The molecule has 1 amide bonds. The molecule has 0 radical (unpaired) electrons. The second-order valence-electron chi connectivity index (χ2n) is 8.07. The quantitative estimate of drug-likeness (QED) is 0.300. The summed E-state index contributed by atoms with van der Waals surface area (Å²) in [4.78, 5) is 30.0. The Morgan fingerprint density at radius 2 is 1.89 bits per heavy atom. The first-order valence-corrected chi connectivity index (χ1v) is 12.1. The lowest BCUT2D eigenvalue weighted by Gasteiger charge is -2.14. The molecule has 8 heteroatoms. The van der Waals surface area contributed by atoms with E-state index in [-0.39, 0.29) is 24.0 Å². The van der Waals surface area contributed by atoms with Crippen LogP contribution in [0.5, 0.6) is 5.75 Å². The van der Waals surface area contributed by atoms with Gasteiger partial charge in [0.15, 0.2) is 6.61 Å². The number of halogens is 1. The van der Waals surface area contributed by atoms with E-state index in [9.17, 15) is 9.59 Å². The normalized spacial score (nSPS) is 12.1. The number of anilines is 1. The highest BCUT2D eigenvalue weighted by Gasteiger charge is 2.15. The molecule has 178 valence electrons. The van der Waals surface area contributed by atoms with E-state index in [4.69, 9.17) is 9.72 Å². The number of fused-ring (bicyclic) bond motifs is 1. The average Bonchev–Trinajstić information content (AvgIpc) is 2.88. The summed E-state index contributed by atoms with van der Waals surface area (Å²) in [6.45, 7) is 3.97. The van der Waals surface area contributed by atoms with Crippen molar-refractivity contribution in [2.45, 2.75) is 26.2 Å². The standard InChI is InChI=1S/C27H25BrN4O3/c1-3-18(2)26-31-24-14-11-20(28)15-23(24)27(34)32(26)29-16-19-9-12-22(13-10-19)35-17-25(33)30-21-7-5-4-6-8-21/h4-16,18H,3,17H2,1-2H3,(H,30,33)/t18-/m1/s1. The molecule has 35 heavy (non-hydrogen) atoms. The number of rotatable bonds is 8. The molecule has 0 aliphatic heterocycles. The summed E-state index contributed by atoms with van der Waals surface area (Å²) < 4.78 is 7.76. The summed E-state index contributed by atoms with van der Waals surface area (Å²) in [5.41, 5.74) is 1.93. The predicted octanol–water partition coefficient (Wildman–Crippen LogP) is 5.57. The van der Waals surface area contributed by atoms with Crippen molar-refractivity contribution in [2.75, 3.05) is 11.9 Å². The third-order valence-electron chi connectivity index (χ3n) is 5.52. The third-order valence-corrected chi connectivity index (χ3v) is 6.01. The van der Waals surface area contributed by atoms with Gasteiger partial charge < -0.3 is 10.1 Å². The van der Waals surface area contributed by atoms with Crippen molar-refractivity contribution < 1.29 is 9.53 Å². The number of hydrogen-bond acceptors (Lipinski definition) is 5. The molecular formula is C27H25BrN4O3. The minimum absolute atomic E-state index is 0.0608. The maximum atomic E-state index is 13.2. The summed E-state index contributed by atoms with van der Waals surface area (Å²) in [6, 6.07) is 21.8. The Morgan fingerprint density at radius 3 is 2.60 bits per heavy atom. The molecule has 1 N–H and O–H groups in total. The molecule has 7 nitrogen and oxygen atoms in total. The molecule has 0 fully saturated rings. The summed E-state index contributed by atoms with van der Waals surface area (Å²) in [5, 5.41) is 7.75. The Kier molecular flexibility index (Phi) is 7.72. The van der Waals surface area contributed by atoms with E-state index >= 15 is 0 Å². The van der Waals surface area contributed by atoms with E-state index in [0.717, 1.165) is 22.1 Å². The lowest BCUT2D eigenvalue weighted by atomic mass is 10.1. The van der Waals surface area contributed by atoms with Gasteiger partial charge in [-0.1, -0.05) is 48.0 Å². The molecule has 0 spiro atoms. The van der Waals surface area contributed by atoms with Crippen LogP contribution in [0.25, 0.3) is 10.9 Å². The number of hydrogen-bond donors (Lipinski definition) is 1. The van der Waals surface area contributed by atoms with Crippen molar-refractivity contribution in [3.8, 4) is 5.75 Å². The molecule has 1 atom stereocenters. The number of amides is 1. The van der Waals surface area contributed by atoms with Gasteiger partial charge in [0.25, 0.3) is 11.5 Å². The summed E-state index contributed by atoms with van der Waals surface area (Å²) in [7, 11) is 0. The molecule has 1 heterocycles. The van der Waals surface area contributed by atoms with Gasteiger partial charge in [0.05, 0.1) is 17.1 Å². The van der Waals surface area contributed by atoms with Crippen LogP contribution in [-0.2, 0) is 4.79 Å². The maximum absolute atomic E-state index is 13.2. The lowest BCUT2D eigenvalue weighted by Crippen LogP contribution is -2.23. The van der Waals surface area contributed by atoms with E-state index in [0.29, 0.717) is 22.5 Å². The highest BCUT2D eigenvalue weighted by Crippen LogP contribution is 2.21. The Morgan fingerprint density at radius 1 is 1.14 bits per heavy atom. The second kappa shape index (κ2) is 11.1. The minimum Gasteiger partial charge on any atom is -0.484 e. The molecule has 0 aliphatic carbocycles. The fourth-order valence-electron chi connectivity index (χ4n) is 3.42. The zero-order valence-electron chi connectivity index (χ0n) is 19.4. The predicted molar refractivity (Wildman–Crippen MR) is 142 cm³/mol. The lowest BCUT2D eigenvalue weighted by molar-refractivity contribution is -0.118. The van der Waals surface area contributed by atoms with Gasteiger partial charge >= 0.3 is 0 Å². The van der Waals surface area contributed by atoms with Crippen molar-refractivity contribution in [3.05, 3.63) is 99.0 Å². The third kappa shape index (κ3) is 6.02. The number of benzene rings is 3. The maximum Gasteiger partial charge on any atom is 0.282 e. The fraction of sp³-hybridized carbons (Fsp3) is 0.185. The molecule has 4 rings (SSSR count). The van der Waals surface area contributed by atoms with E-state index in [1.54, 1.807) is 24.4 Å². The summed E-state index contributed by atoms with van der Waals surface area (Å²) >= 11 is 3.42. The molecule has 4 aromatic rings. The number of carbonyl (C=O) groups excluding carboxylic acids is 1. The van der Waals surface area contributed by atoms with Gasteiger partial charge in [0, 0.05) is 16.1 Å². The van der Waals surface area contributed by atoms with Gasteiger partial charge in [-0.2, -0.15) is 9.78 Å². The topological polar surface area (TPSA) is 85.6 Å². The van der Waals surface area contributed by atoms with E-state index in [1.807, 2.05) is 61.5 Å².